The molecule has 3 aliphatic heterocycles. The van der Waals surface area contributed by atoms with Gasteiger partial charge >= 0.3 is 17.9 Å². The summed E-state index contributed by atoms with van der Waals surface area (Å²) in [4.78, 5) is 37.8. The van der Waals surface area contributed by atoms with E-state index >= 15 is 0 Å². The molecule has 2 aliphatic carbocycles. The third kappa shape index (κ3) is 3.28. The molecule has 2 saturated carbocycles. The Bertz CT molecular complexity index is 984. The van der Waals surface area contributed by atoms with Crippen LogP contribution >= 0.6 is 0 Å². The molecule has 5 aliphatic rings. The molecule has 0 radical (unpaired) electrons. The van der Waals surface area contributed by atoms with Crippen molar-refractivity contribution in [2.45, 2.75) is 109 Å². The largest absolute Gasteiger partial charge is 0.463 e. The number of rotatable bonds is 3. The van der Waals surface area contributed by atoms with Gasteiger partial charge in [-0.3, -0.25) is 9.59 Å². The van der Waals surface area contributed by atoms with Crippen molar-refractivity contribution >= 4 is 17.9 Å². The minimum absolute atomic E-state index is 0.0992. The van der Waals surface area contributed by atoms with Gasteiger partial charge in [0.1, 0.15) is 23.4 Å². The van der Waals surface area contributed by atoms with Gasteiger partial charge in [-0.05, 0) is 52.4 Å². The van der Waals surface area contributed by atoms with Gasteiger partial charge in [-0.2, -0.15) is 0 Å². The van der Waals surface area contributed by atoms with Crippen LogP contribution in [-0.2, 0) is 38.1 Å². The minimum atomic E-state index is -1.00. The molecule has 0 amide bonds. The molecule has 5 fully saturated rings. The van der Waals surface area contributed by atoms with Gasteiger partial charge in [-0.1, -0.05) is 26.3 Å². The van der Waals surface area contributed by atoms with Crippen LogP contribution in [-0.4, -0.2) is 60.1 Å². The van der Waals surface area contributed by atoms with Crippen LogP contribution in [0.5, 0.6) is 0 Å². The number of cyclic esters (lactones) is 1. The monoisotopic (exact) mass is 490 g/mol. The highest BCUT2D eigenvalue weighted by Crippen LogP contribution is 2.72. The summed E-state index contributed by atoms with van der Waals surface area (Å²) in [7, 11) is 0. The average molecular weight is 491 g/mol. The van der Waals surface area contributed by atoms with Crippen molar-refractivity contribution < 1.29 is 38.1 Å². The molecule has 0 N–H and O–H groups in total. The van der Waals surface area contributed by atoms with Crippen LogP contribution in [0.15, 0.2) is 11.6 Å². The van der Waals surface area contributed by atoms with Crippen LogP contribution in [0, 0.1) is 16.7 Å². The Morgan fingerprint density at radius 2 is 1.74 bits per heavy atom. The van der Waals surface area contributed by atoms with Crippen molar-refractivity contribution in [2.24, 2.45) is 16.7 Å². The molecule has 8 heteroatoms. The van der Waals surface area contributed by atoms with E-state index < -0.39 is 51.8 Å². The third-order valence-corrected chi connectivity index (χ3v) is 10.4. The maximum absolute atomic E-state index is 13.2. The summed E-state index contributed by atoms with van der Waals surface area (Å²) in [6, 6.07) is 0. The molecule has 0 aromatic carbocycles. The Labute approximate surface area is 207 Å². The summed E-state index contributed by atoms with van der Waals surface area (Å²) in [5.41, 5.74) is -2.68. The molecule has 0 aromatic heterocycles. The van der Waals surface area contributed by atoms with Crippen LogP contribution in [0.3, 0.4) is 0 Å². The molecule has 3 heterocycles. The number of carbonyl (C=O) groups excluding carboxylic acids is 3. The van der Waals surface area contributed by atoms with Crippen LogP contribution in [0.25, 0.3) is 0 Å². The molecular formula is C27H38O8. The van der Waals surface area contributed by atoms with Crippen molar-refractivity contribution in [3.05, 3.63) is 11.6 Å². The second-order valence-corrected chi connectivity index (χ2v) is 12.0. The van der Waals surface area contributed by atoms with E-state index in [0.29, 0.717) is 18.6 Å². The Balaban J connectivity index is 1.67. The van der Waals surface area contributed by atoms with E-state index in [1.54, 1.807) is 19.9 Å². The van der Waals surface area contributed by atoms with Crippen molar-refractivity contribution in [1.82, 2.24) is 0 Å². The summed E-state index contributed by atoms with van der Waals surface area (Å²) >= 11 is 0. The first-order chi connectivity index (χ1) is 16.4. The lowest BCUT2D eigenvalue weighted by Gasteiger charge is -2.70. The highest BCUT2D eigenvalue weighted by atomic mass is 16.6. The lowest BCUT2D eigenvalue weighted by atomic mass is 9.40. The fourth-order valence-corrected chi connectivity index (χ4v) is 7.99. The Kier molecular flexibility index (Phi) is 5.50. The van der Waals surface area contributed by atoms with Gasteiger partial charge in [0.15, 0.2) is 12.2 Å². The molecule has 8 nitrogen and oxygen atoms in total. The van der Waals surface area contributed by atoms with E-state index in [1.807, 2.05) is 6.92 Å². The quantitative estimate of drug-likeness (QED) is 0.256. The summed E-state index contributed by atoms with van der Waals surface area (Å²) in [5, 5.41) is 0. The van der Waals surface area contributed by atoms with Gasteiger partial charge < -0.3 is 23.7 Å². The first kappa shape index (κ1) is 24.8. The van der Waals surface area contributed by atoms with Crippen LogP contribution in [0.4, 0.5) is 0 Å². The molecule has 5 rings (SSSR count). The normalized spacial score (nSPS) is 48.7. The fourth-order valence-electron chi connectivity index (χ4n) is 7.99. The second-order valence-electron chi connectivity index (χ2n) is 12.0. The van der Waals surface area contributed by atoms with E-state index in [2.05, 4.69) is 13.8 Å². The topological polar surface area (TPSA) is 101 Å². The Hall–Kier alpha value is -1.93. The molecule has 3 saturated heterocycles. The van der Waals surface area contributed by atoms with Gasteiger partial charge in [0.25, 0.3) is 0 Å². The van der Waals surface area contributed by atoms with Crippen molar-refractivity contribution in [3.63, 3.8) is 0 Å². The highest BCUT2D eigenvalue weighted by Gasteiger charge is 2.80. The predicted molar refractivity (Wildman–Crippen MR) is 124 cm³/mol. The molecule has 0 bridgehead atoms. The zero-order valence-corrected chi connectivity index (χ0v) is 21.7. The minimum Gasteiger partial charge on any atom is -0.463 e. The highest BCUT2D eigenvalue weighted by molar-refractivity contribution is 5.87. The van der Waals surface area contributed by atoms with Crippen molar-refractivity contribution in [1.29, 1.82) is 0 Å². The SMILES string of the molecule is C/C=C(/C)C(=O)O[C@H]1[C@H](OC(C)=O)[C@]2(C)O[C@@]3(CC[C@]2(C)[C@H]2CCC[C@]4(CO4)[C@]12C)COC(=O)C3. The second kappa shape index (κ2) is 7.78. The first-order valence-corrected chi connectivity index (χ1v) is 12.9. The van der Waals surface area contributed by atoms with E-state index in [0.717, 1.165) is 25.7 Å². The molecule has 8 atom stereocenters. The molecule has 194 valence electrons. The van der Waals surface area contributed by atoms with Crippen molar-refractivity contribution in [3.8, 4) is 0 Å². The number of esters is 3. The van der Waals surface area contributed by atoms with Gasteiger partial charge in [-0.15, -0.1) is 0 Å². The molecular weight excluding hydrogens is 452 g/mol. The van der Waals surface area contributed by atoms with Gasteiger partial charge in [0.05, 0.1) is 13.0 Å². The van der Waals surface area contributed by atoms with Crippen LogP contribution < -0.4 is 0 Å². The number of ether oxygens (including phenoxy) is 5. The zero-order valence-electron chi connectivity index (χ0n) is 21.7. The van der Waals surface area contributed by atoms with Gasteiger partial charge in [-0.25, -0.2) is 4.79 Å². The summed E-state index contributed by atoms with van der Waals surface area (Å²) in [6.07, 6.45) is 4.53. The molecule has 2 spiro atoms. The van der Waals surface area contributed by atoms with Gasteiger partial charge in [0, 0.05) is 23.3 Å². The average Bonchev–Trinajstić information content (AvgIpc) is 3.50. The van der Waals surface area contributed by atoms with E-state index in [1.165, 1.54) is 6.92 Å². The predicted octanol–water partition coefficient (Wildman–Crippen LogP) is 3.65. The van der Waals surface area contributed by atoms with E-state index in [9.17, 15) is 14.4 Å². The third-order valence-electron chi connectivity index (χ3n) is 10.4. The summed E-state index contributed by atoms with van der Waals surface area (Å²) < 4.78 is 30.8. The maximum Gasteiger partial charge on any atom is 0.333 e. The smallest absolute Gasteiger partial charge is 0.333 e. The number of hydrogen-bond acceptors (Lipinski definition) is 8. The number of fused-ring (bicyclic) bond motifs is 4. The standard InChI is InChI=1S/C27H38O8/c1-7-16(2)22(30)34-20-21(33-17(3)28)25(6)23(4,11-12-26(35-25)13-19(29)31-14-26)18-9-8-10-27(15-32-27)24(18,20)5/h7,18,20-21H,8-15H2,1-6H3/b16-7-/t18-,20+,21+,23-,24+,25+,26-,27+/m1/s1. The van der Waals surface area contributed by atoms with E-state index in [-0.39, 0.29) is 24.9 Å². The number of carbonyl (C=O) groups is 3. The lowest BCUT2D eigenvalue weighted by molar-refractivity contribution is -0.355. The zero-order chi connectivity index (χ0) is 25.4. The lowest BCUT2D eigenvalue weighted by Crippen LogP contribution is -2.79. The number of allylic oxidation sites excluding steroid dienone is 1. The molecule has 35 heavy (non-hydrogen) atoms. The number of hydrogen-bond donors (Lipinski definition) is 0. The number of epoxide rings is 1. The van der Waals surface area contributed by atoms with E-state index in [4.69, 9.17) is 23.7 Å². The molecule has 0 unspecified atom stereocenters. The Morgan fingerprint density at radius 1 is 1.03 bits per heavy atom. The summed E-state index contributed by atoms with van der Waals surface area (Å²) in [6.45, 7) is 12.0. The Morgan fingerprint density at radius 3 is 2.31 bits per heavy atom. The molecule has 0 aromatic rings. The maximum atomic E-state index is 13.2. The fraction of sp³-hybridized carbons (Fsp3) is 0.815. The van der Waals surface area contributed by atoms with Gasteiger partial charge in [0.2, 0.25) is 0 Å². The van der Waals surface area contributed by atoms with Crippen molar-refractivity contribution in [2.75, 3.05) is 13.2 Å². The summed E-state index contributed by atoms with van der Waals surface area (Å²) in [5.74, 6) is -1.08. The van der Waals surface area contributed by atoms with Crippen LogP contribution in [0.1, 0.15) is 80.1 Å². The first-order valence-electron chi connectivity index (χ1n) is 12.9. The van der Waals surface area contributed by atoms with Crippen LogP contribution in [0.2, 0.25) is 0 Å².